The number of fused-ring (bicyclic) bond motifs is 1. The van der Waals surface area contributed by atoms with Crippen LogP contribution in [0.15, 0.2) is 23.2 Å². The fourth-order valence-corrected chi connectivity index (χ4v) is 7.03. The summed E-state index contributed by atoms with van der Waals surface area (Å²) in [4.78, 5) is 18.1. The largest absolute Gasteiger partial charge is 0.315 e. The maximum absolute atomic E-state index is 14.0. The third-order valence-electron chi connectivity index (χ3n) is 4.63. The first-order valence-corrected chi connectivity index (χ1v) is 10.6. The number of hydrogen-bond donors (Lipinski definition) is 0. The Kier molecular flexibility index (Phi) is 3.72. The fraction of sp³-hybridized carbons (Fsp3) is 0.500. The highest BCUT2D eigenvalue weighted by Crippen LogP contribution is 2.42. The Balaban J connectivity index is 1.74. The number of amides is 1. The van der Waals surface area contributed by atoms with Gasteiger partial charge in [-0.05, 0) is 37.5 Å². The average molecular weight is 368 g/mol. The number of carbonyl (C=O) groups excluding carboxylic acids is 1. The predicted molar refractivity (Wildman–Crippen MR) is 92.6 cm³/mol. The number of anilines is 1. The summed E-state index contributed by atoms with van der Waals surface area (Å²) in [5, 5.41) is 0.338. The van der Waals surface area contributed by atoms with Crippen LogP contribution in [-0.4, -0.2) is 42.3 Å². The summed E-state index contributed by atoms with van der Waals surface area (Å²) in [6.45, 7) is 1.67. The van der Waals surface area contributed by atoms with Crippen molar-refractivity contribution < 1.29 is 17.6 Å². The molecule has 0 aromatic heterocycles. The van der Waals surface area contributed by atoms with Crippen molar-refractivity contribution in [2.75, 3.05) is 16.4 Å². The number of nitrogens with zero attached hydrogens (tertiary/aromatic N) is 2. The minimum absolute atomic E-state index is 0.00104. The number of amidine groups is 1. The molecule has 0 N–H and O–H groups in total. The molecule has 4 rings (SSSR count). The SMILES string of the molecule is Cc1ccc(N2C(=NC(=O)C3CC3)S[C@H]3CS(=O)(=O)C[C@@H]32)cc1F. The van der Waals surface area contributed by atoms with Gasteiger partial charge in [0.15, 0.2) is 15.0 Å². The van der Waals surface area contributed by atoms with Gasteiger partial charge in [0.1, 0.15) is 5.82 Å². The number of sulfone groups is 1. The normalized spacial score (nSPS) is 29.9. The van der Waals surface area contributed by atoms with Gasteiger partial charge in [-0.15, -0.1) is 0 Å². The van der Waals surface area contributed by atoms with E-state index in [0.29, 0.717) is 16.4 Å². The Morgan fingerprint density at radius 1 is 1.33 bits per heavy atom. The van der Waals surface area contributed by atoms with Crippen molar-refractivity contribution in [3.8, 4) is 0 Å². The van der Waals surface area contributed by atoms with Crippen molar-refractivity contribution in [3.63, 3.8) is 0 Å². The lowest BCUT2D eigenvalue weighted by Crippen LogP contribution is -2.37. The van der Waals surface area contributed by atoms with Gasteiger partial charge in [-0.3, -0.25) is 4.79 Å². The molecule has 1 aromatic carbocycles. The topological polar surface area (TPSA) is 66.8 Å². The molecular formula is C16H17FN2O3S2. The zero-order valence-electron chi connectivity index (χ0n) is 13.1. The monoisotopic (exact) mass is 368 g/mol. The van der Waals surface area contributed by atoms with E-state index in [0.717, 1.165) is 12.8 Å². The molecule has 2 atom stereocenters. The van der Waals surface area contributed by atoms with E-state index in [-0.39, 0.29) is 40.4 Å². The predicted octanol–water partition coefficient (Wildman–Crippen LogP) is 2.15. The van der Waals surface area contributed by atoms with Crippen LogP contribution in [0.25, 0.3) is 0 Å². The van der Waals surface area contributed by atoms with Crippen LogP contribution < -0.4 is 4.90 Å². The molecule has 8 heteroatoms. The number of benzene rings is 1. The molecular weight excluding hydrogens is 351 g/mol. The fourth-order valence-electron chi connectivity index (χ4n) is 3.11. The number of aryl methyl sites for hydroxylation is 1. The van der Waals surface area contributed by atoms with Crippen LogP contribution in [0.3, 0.4) is 0 Å². The van der Waals surface area contributed by atoms with Gasteiger partial charge in [-0.25, -0.2) is 12.8 Å². The highest BCUT2D eigenvalue weighted by atomic mass is 32.2. The molecule has 3 fully saturated rings. The number of rotatable bonds is 2. The van der Waals surface area contributed by atoms with Gasteiger partial charge in [-0.1, -0.05) is 17.8 Å². The van der Waals surface area contributed by atoms with E-state index < -0.39 is 9.84 Å². The highest BCUT2D eigenvalue weighted by Gasteiger charge is 2.49. The molecule has 1 amide bonds. The second-order valence-electron chi connectivity index (χ2n) is 6.61. The van der Waals surface area contributed by atoms with Crippen molar-refractivity contribution in [1.82, 2.24) is 0 Å². The third-order valence-corrected chi connectivity index (χ3v) is 7.84. The van der Waals surface area contributed by atoms with Gasteiger partial charge in [0.25, 0.3) is 5.91 Å². The molecule has 0 unspecified atom stereocenters. The number of aliphatic imine (C=N–C) groups is 1. The molecule has 1 aromatic rings. The minimum Gasteiger partial charge on any atom is -0.315 e. The van der Waals surface area contributed by atoms with Crippen LogP contribution in [0.5, 0.6) is 0 Å². The number of hydrogen-bond acceptors (Lipinski definition) is 4. The van der Waals surface area contributed by atoms with Gasteiger partial charge in [0.05, 0.1) is 17.5 Å². The molecule has 24 heavy (non-hydrogen) atoms. The van der Waals surface area contributed by atoms with E-state index in [1.54, 1.807) is 24.0 Å². The van der Waals surface area contributed by atoms with Crippen molar-refractivity contribution in [3.05, 3.63) is 29.6 Å². The molecule has 2 saturated heterocycles. The quantitative estimate of drug-likeness (QED) is 0.800. The summed E-state index contributed by atoms with van der Waals surface area (Å²) >= 11 is 1.32. The lowest BCUT2D eigenvalue weighted by atomic mass is 10.1. The molecule has 2 aliphatic heterocycles. The van der Waals surface area contributed by atoms with Crippen LogP contribution >= 0.6 is 11.8 Å². The number of carbonyl (C=O) groups is 1. The standard InChI is InChI=1S/C16H17FN2O3S2/c1-9-2-5-11(6-12(9)17)19-13-7-24(21,22)8-14(13)23-16(19)18-15(20)10-3-4-10/h2,5-6,10,13-14H,3-4,7-8H2,1H3/t13-,14-/m0/s1. The van der Waals surface area contributed by atoms with E-state index in [1.807, 2.05) is 0 Å². The van der Waals surface area contributed by atoms with E-state index in [2.05, 4.69) is 4.99 Å². The van der Waals surface area contributed by atoms with Gasteiger partial charge in [-0.2, -0.15) is 4.99 Å². The second-order valence-corrected chi connectivity index (χ2v) is 9.97. The first kappa shape index (κ1) is 16.1. The first-order chi connectivity index (χ1) is 11.3. The lowest BCUT2D eigenvalue weighted by Gasteiger charge is -2.24. The van der Waals surface area contributed by atoms with E-state index >= 15 is 0 Å². The minimum atomic E-state index is -3.12. The molecule has 0 radical (unpaired) electrons. The van der Waals surface area contributed by atoms with E-state index in [9.17, 15) is 17.6 Å². The van der Waals surface area contributed by atoms with E-state index in [1.165, 1.54) is 17.8 Å². The summed E-state index contributed by atoms with van der Waals surface area (Å²) in [5.41, 5.74) is 1.08. The third kappa shape index (κ3) is 2.86. The Morgan fingerprint density at radius 2 is 2.08 bits per heavy atom. The summed E-state index contributed by atoms with van der Waals surface area (Å²) in [7, 11) is -3.12. The van der Waals surface area contributed by atoms with Crippen molar-refractivity contribution in [2.24, 2.45) is 10.9 Å². The van der Waals surface area contributed by atoms with Gasteiger partial charge in [0.2, 0.25) is 0 Å². The summed E-state index contributed by atoms with van der Waals surface area (Å²) < 4.78 is 37.9. The van der Waals surface area contributed by atoms with Crippen LogP contribution in [0.2, 0.25) is 0 Å². The van der Waals surface area contributed by atoms with Crippen LogP contribution in [0.4, 0.5) is 10.1 Å². The Hall–Kier alpha value is -1.41. The van der Waals surface area contributed by atoms with E-state index in [4.69, 9.17) is 0 Å². The number of halogens is 1. The Morgan fingerprint density at radius 3 is 2.75 bits per heavy atom. The molecule has 0 bridgehead atoms. The van der Waals surface area contributed by atoms with Crippen molar-refractivity contribution in [2.45, 2.75) is 31.1 Å². The maximum atomic E-state index is 14.0. The summed E-state index contributed by atoms with van der Waals surface area (Å²) in [5.74, 6) is -0.424. The average Bonchev–Trinajstić information content (AvgIpc) is 3.23. The zero-order chi connectivity index (χ0) is 17.1. The summed E-state index contributed by atoms with van der Waals surface area (Å²) in [6.07, 6.45) is 1.72. The van der Waals surface area contributed by atoms with Crippen molar-refractivity contribution >= 4 is 38.4 Å². The zero-order valence-corrected chi connectivity index (χ0v) is 14.7. The highest BCUT2D eigenvalue weighted by molar-refractivity contribution is 8.16. The Bertz CT molecular complexity index is 849. The first-order valence-electron chi connectivity index (χ1n) is 7.89. The molecule has 5 nitrogen and oxygen atoms in total. The van der Waals surface area contributed by atoms with Crippen LogP contribution in [-0.2, 0) is 14.6 Å². The van der Waals surface area contributed by atoms with Gasteiger partial charge < -0.3 is 4.90 Å². The molecule has 3 aliphatic rings. The van der Waals surface area contributed by atoms with Gasteiger partial charge in [0, 0.05) is 16.9 Å². The van der Waals surface area contributed by atoms with Crippen LogP contribution in [0, 0.1) is 18.7 Å². The summed E-state index contributed by atoms with van der Waals surface area (Å²) in [6, 6.07) is 4.50. The molecule has 0 spiro atoms. The molecule has 2 heterocycles. The molecule has 1 aliphatic carbocycles. The smallest absolute Gasteiger partial charge is 0.251 e. The van der Waals surface area contributed by atoms with Crippen molar-refractivity contribution in [1.29, 1.82) is 0 Å². The molecule has 1 saturated carbocycles. The second kappa shape index (κ2) is 5.56. The number of thioether (sulfide) groups is 1. The lowest BCUT2D eigenvalue weighted by molar-refractivity contribution is -0.118. The molecule has 128 valence electrons. The maximum Gasteiger partial charge on any atom is 0.251 e. The van der Waals surface area contributed by atoms with Crippen LogP contribution in [0.1, 0.15) is 18.4 Å². The van der Waals surface area contributed by atoms with Gasteiger partial charge >= 0.3 is 0 Å². The Labute approximate surface area is 144 Å².